The summed E-state index contributed by atoms with van der Waals surface area (Å²) in [5.41, 5.74) is 11.2. The molecule has 254 valence electrons. The fourth-order valence-corrected chi connectivity index (χ4v) is 6.76. The van der Waals surface area contributed by atoms with Gasteiger partial charge in [-0.25, -0.2) is 0 Å². The second-order valence-corrected chi connectivity index (χ2v) is 12.0. The summed E-state index contributed by atoms with van der Waals surface area (Å²) < 4.78 is 0. The highest BCUT2D eigenvalue weighted by atomic mass is 14.2. The molecule has 1 aliphatic rings. The van der Waals surface area contributed by atoms with E-state index in [4.69, 9.17) is 0 Å². The quantitative estimate of drug-likeness (QED) is 0.153. The summed E-state index contributed by atoms with van der Waals surface area (Å²) in [4.78, 5) is 0. The van der Waals surface area contributed by atoms with E-state index in [1.54, 1.807) is 0 Å². The van der Waals surface area contributed by atoms with E-state index in [-0.39, 0.29) is 0 Å². The second kappa shape index (κ2) is 18.5. The number of rotatable bonds is 7. The minimum absolute atomic E-state index is 0.793. The largest absolute Gasteiger partial charge is 0.0985 e. The van der Waals surface area contributed by atoms with Gasteiger partial charge in [-0.1, -0.05) is 169 Å². The molecule has 0 saturated heterocycles. The van der Waals surface area contributed by atoms with Crippen LogP contribution in [0.25, 0.3) is 38.3 Å². The number of aryl methyl sites for hydroxylation is 1. The van der Waals surface area contributed by atoms with Gasteiger partial charge in [0.05, 0.1) is 0 Å². The summed E-state index contributed by atoms with van der Waals surface area (Å²) in [6.45, 7) is 22.8. The average molecular weight is 655 g/mol. The van der Waals surface area contributed by atoms with Crippen molar-refractivity contribution in [3.05, 3.63) is 197 Å². The highest BCUT2D eigenvalue weighted by molar-refractivity contribution is 5.89. The molecule has 1 aliphatic carbocycles. The average Bonchev–Trinajstić information content (AvgIpc) is 3.17. The number of hydrogen-bond donors (Lipinski definition) is 0. The van der Waals surface area contributed by atoms with Crippen LogP contribution >= 0.6 is 0 Å². The molecular weight excluding hydrogens is 601 g/mol. The van der Waals surface area contributed by atoms with Gasteiger partial charge in [-0.2, -0.15) is 0 Å². The SMILES string of the molecule is C=CC(=C\CC)/C1=C/C/C(c2ccc3ccccc3c2)=c2/cc(C)c(/C(C=C)=C/C)c/c2=C(\c2ccc3ccccc3c2)C/C=C\1.CC.CC. The molecule has 0 heteroatoms. The van der Waals surface area contributed by atoms with E-state index in [9.17, 15) is 0 Å². The Balaban J connectivity index is 0.00000136. The van der Waals surface area contributed by atoms with E-state index in [1.165, 1.54) is 76.5 Å². The van der Waals surface area contributed by atoms with Crippen molar-refractivity contribution < 1.29 is 0 Å². The Kier molecular flexibility index (Phi) is 13.9. The van der Waals surface area contributed by atoms with Crippen LogP contribution in [0.3, 0.4) is 0 Å². The Morgan fingerprint density at radius 3 is 1.68 bits per heavy atom. The van der Waals surface area contributed by atoms with Gasteiger partial charge in [-0.05, 0) is 133 Å². The van der Waals surface area contributed by atoms with Gasteiger partial charge in [0.2, 0.25) is 0 Å². The number of hydrogen-bond acceptors (Lipinski definition) is 0. The summed E-state index contributed by atoms with van der Waals surface area (Å²) in [6, 6.07) is 35.9. The molecule has 0 N–H and O–H groups in total. The zero-order valence-electron chi connectivity index (χ0n) is 31.3. The van der Waals surface area contributed by atoms with Crippen molar-refractivity contribution >= 4 is 38.3 Å². The lowest BCUT2D eigenvalue weighted by Crippen LogP contribution is -2.31. The van der Waals surface area contributed by atoms with Gasteiger partial charge >= 0.3 is 0 Å². The predicted molar refractivity (Wildman–Crippen MR) is 225 cm³/mol. The first-order valence-corrected chi connectivity index (χ1v) is 18.4. The van der Waals surface area contributed by atoms with Crippen LogP contribution in [0.4, 0.5) is 0 Å². The van der Waals surface area contributed by atoms with Crippen LogP contribution in [0.5, 0.6) is 0 Å². The Morgan fingerprint density at radius 1 is 0.640 bits per heavy atom. The molecule has 5 aromatic carbocycles. The highest BCUT2D eigenvalue weighted by Gasteiger charge is 2.14. The van der Waals surface area contributed by atoms with Crippen LogP contribution in [-0.2, 0) is 0 Å². The summed E-state index contributed by atoms with van der Waals surface area (Å²) in [5.74, 6) is 0. The molecule has 50 heavy (non-hydrogen) atoms. The molecule has 0 aliphatic heterocycles. The molecule has 0 radical (unpaired) electrons. The summed E-state index contributed by atoms with van der Waals surface area (Å²) >= 11 is 0. The third-order valence-corrected chi connectivity index (χ3v) is 9.18. The Labute approximate surface area is 301 Å². The normalized spacial score (nSPS) is 17.2. The summed E-state index contributed by atoms with van der Waals surface area (Å²) in [7, 11) is 0. The van der Waals surface area contributed by atoms with Crippen molar-refractivity contribution in [3.63, 3.8) is 0 Å². The minimum atomic E-state index is 0.793. The molecule has 0 heterocycles. The van der Waals surface area contributed by atoms with Gasteiger partial charge in [0.1, 0.15) is 0 Å². The molecule has 0 unspecified atom stereocenters. The molecule has 0 aromatic heterocycles. The van der Waals surface area contributed by atoms with E-state index in [0.29, 0.717) is 0 Å². The molecule has 5 aromatic rings. The lowest BCUT2D eigenvalue weighted by molar-refractivity contribution is 1.19. The van der Waals surface area contributed by atoms with Crippen LogP contribution in [-0.4, -0.2) is 0 Å². The molecular formula is C50H54. The molecule has 0 fully saturated rings. The number of benzene rings is 5. The van der Waals surface area contributed by atoms with E-state index < -0.39 is 0 Å². The topological polar surface area (TPSA) is 0 Å². The lowest BCUT2D eigenvalue weighted by Gasteiger charge is -2.17. The van der Waals surface area contributed by atoms with Gasteiger partial charge < -0.3 is 0 Å². The van der Waals surface area contributed by atoms with E-state index in [0.717, 1.165) is 24.8 Å². The Morgan fingerprint density at radius 2 is 1.16 bits per heavy atom. The van der Waals surface area contributed by atoms with E-state index >= 15 is 0 Å². The molecule has 0 nitrogen and oxygen atoms in total. The number of allylic oxidation sites excluding steroid dienone is 10. The van der Waals surface area contributed by atoms with Gasteiger partial charge in [0.15, 0.2) is 0 Å². The highest BCUT2D eigenvalue weighted by Crippen LogP contribution is 2.28. The predicted octanol–water partition coefficient (Wildman–Crippen LogP) is 13.1. The van der Waals surface area contributed by atoms with Crippen LogP contribution in [0, 0.1) is 6.92 Å². The molecule has 0 spiro atoms. The van der Waals surface area contributed by atoms with Crippen LogP contribution in [0.15, 0.2) is 164 Å². The first-order valence-electron chi connectivity index (χ1n) is 18.4. The standard InChI is InChI=1S/C46H42.2C2H6/c1-6-15-34(9-4)35-20-14-21-42(40-24-22-36-16-10-12-18-38(36)29-40)46-31-44(33(7-2)8-3)32(5)28-45(46)43(27-26-35)41-25-23-37-17-11-13-19-39(37)30-41;2*1-2/h7-20,22-26,28-31H,2,4,6,21,27H2,1,3,5H3;2*1-2H3/b20-14-,33-8+,34-15+,35-26+,45-43+,46-42+;;. The third kappa shape index (κ3) is 8.32. The Hall–Kier alpha value is -5.20. The first-order chi connectivity index (χ1) is 24.5. The smallest absolute Gasteiger partial charge is 0.00761 e. The van der Waals surface area contributed by atoms with Crippen molar-refractivity contribution in [1.82, 2.24) is 0 Å². The molecule has 0 saturated carbocycles. The fourth-order valence-electron chi connectivity index (χ4n) is 6.76. The van der Waals surface area contributed by atoms with Crippen molar-refractivity contribution in [2.75, 3.05) is 0 Å². The van der Waals surface area contributed by atoms with Crippen LogP contribution in [0.2, 0.25) is 0 Å². The van der Waals surface area contributed by atoms with Gasteiger partial charge in [-0.15, -0.1) is 0 Å². The zero-order chi connectivity index (χ0) is 36.0. The lowest BCUT2D eigenvalue weighted by atomic mass is 9.87. The zero-order valence-corrected chi connectivity index (χ0v) is 31.3. The summed E-state index contributed by atoms with van der Waals surface area (Å²) in [6.07, 6.45) is 18.0. The first kappa shape index (κ1) is 37.6. The van der Waals surface area contributed by atoms with Crippen molar-refractivity contribution in [2.24, 2.45) is 0 Å². The van der Waals surface area contributed by atoms with E-state index in [2.05, 4.69) is 161 Å². The number of fused-ring (bicyclic) bond motifs is 3. The van der Waals surface area contributed by atoms with Crippen molar-refractivity contribution in [3.8, 4) is 0 Å². The van der Waals surface area contributed by atoms with Gasteiger partial charge in [-0.3, -0.25) is 0 Å². The maximum absolute atomic E-state index is 4.18. The van der Waals surface area contributed by atoms with E-state index in [1.807, 2.05) is 39.8 Å². The van der Waals surface area contributed by atoms with Crippen molar-refractivity contribution in [1.29, 1.82) is 0 Å². The minimum Gasteiger partial charge on any atom is -0.0985 e. The second-order valence-electron chi connectivity index (χ2n) is 12.0. The monoisotopic (exact) mass is 654 g/mol. The Bertz CT molecular complexity index is 2230. The molecule has 0 bridgehead atoms. The van der Waals surface area contributed by atoms with Crippen molar-refractivity contribution in [2.45, 2.75) is 67.7 Å². The van der Waals surface area contributed by atoms with Crippen LogP contribution in [0.1, 0.15) is 83.1 Å². The summed E-state index contributed by atoms with van der Waals surface area (Å²) in [5, 5.41) is 7.57. The maximum atomic E-state index is 4.18. The van der Waals surface area contributed by atoms with Crippen LogP contribution < -0.4 is 10.4 Å². The third-order valence-electron chi connectivity index (χ3n) is 9.18. The van der Waals surface area contributed by atoms with Gasteiger partial charge in [0.25, 0.3) is 0 Å². The molecule has 0 atom stereocenters. The van der Waals surface area contributed by atoms with Gasteiger partial charge in [0, 0.05) is 0 Å². The molecule has 0 amide bonds. The fraction of sp³-hybridized carbons (Fsp3) is 0.200. The maximum Gasteiger partial charge on any atom is -0.00761 e. The molecule has 6 rings (SSSR count).